The van der Waals surface area contributed by atoms with Crippen LogP contribution in [0.5, 0.6) is 5.75 Å². The number of rotatable bonds is 10. The van der Waals surface area contributed by atoms with Gasteiger partial charge in [0.15, 0.2) is 0 Å². The van der Waals surface area contributed by atoms with Crippen molar-refractivity contribution in [2.24, 2.45) is 0 Å². The molecule has 0 radical (unpaired) electrons. The van der Waals surface area contributed by atoms with E-state index in [1.807, 2.05) is 12.1 Å². The fourth-order valence-electron chi connectivity index (χ4n) is 2.39. The third-order valence-electron chi connectivity index (χ3n) is 4.08. The number of nitrogens with one attached hydrogen (secondary N) is 1. The summed E-state index contributed by atoms with van der Waals surface area (Å²) >= 11 is 0. The second-order valence-electron chi connectivity index (χ2n) is 6.14. The summed E-state index contributed by atoms with van der Waals surface area (Å²) in [7, 11) is 3.49. The molecule has 1 atom stereocenters. The fourth-order valence-corrected chi connectivity index (χ4v) is 2.39. The monoisotopic (exact) mass is 293 g/mol. The zero-order valence-corrected chi connectivity index (χ0v) is 14.2. The Kier molecular flexibility index (Phi) is 7.76. The number of methoxy groups -OCH3 is 2. The van der Waals surface area contributed by atoms with Crippen LogP contribution in [0.3, 0.4) is 0 Å². The van der Waals surface area contributed by atoms with Gasteiger partial charge in [0, 0.05) is 13.2 Å². The molecule has 0 aliphatic rings. The minimum Gasteiger partial charge on any atom is -0.497 e. The molecule has 0 bridgehead atoms. The van der Waals surface area contributed by atoms with Gasteiger partial charge in [-0.3, -0.25) is 0 Å². The van der Waals surface area contributed by atoms with E-state index in [1.165, 1.54) is 5.56 Å². The van der Waals surface area contributed by atoms with Crippen LogP contribution in [0.25, 0.3) is 0 Å². The third-order valence-corrected chi connectivity index (χ3v) is 4.08. The van der Waals surface area contributed by atoms with Crippen molar-refractivity contribution in [3.05, 3.63) is 29.8 Å². The molecule has 0 aromatic heterocycles. The predicted octanol–water partition coefficient (Wildman–Crippen LogP) is 3.81. The lowest BCUT2D eigenvalue weighted by Crippen LogP contribution is -2.33. The van der Waals surface area contributed by atoms with Gasteiger partial charge >= 0.3 is 0 Å². The zero-order chi connectivity index (χ0) is 15.7. The van der Waals surface area contributed by atoms with Crippen LogP contribution in [0.2, 0.25) is 0 Å². The van der Waals surface area contributed by atoms with Gasteiger partial charge < -0.3 is 14.8 Å². The zero-order valence-electron chi connectivity index (χ0n) is 14.2. The van der Waals surface area contributed by atoms with Crippen LogP contribution in [-0.2, 0) is 11.2 Å². The molecule has 1 unspecified atom stereocenters. The second-order valence-corrected chi connectivity index (χ2v) is 6.14. The van der Waals surface area contributed by atoms with Crippen LogP contribution >= 0.6 is 0 Å². The highest BCUT2D eigenvalue weighted by atomic mass is 16.5. The fraction of sp³-hybridized carbons (Fsp3) is 0.667. The maximum atomic E-state index is 5.51. The SMILES string of the molecule is CCNC(CCc1ccc(OC)cc1)CCC(C)(C)OC. The van der Waals surface area contributed by atoms with E-state index in [-0.39, 0.29) is 5.60 Å². The molecule has 0 spiro atoms. The summed E-state index contributed by atoms with van der Waals surface area (Å²) in [6.45, 7) is 7.49. The standard InChI is InChI=1S/C18H31NO2/c1-6-19-16(13-14-18(2,3)21-5)10-7-15-8-11-17(20-4)12-9-15/h8-9,11-12,16,19H,6-7,10,13-14H2,1-5H3. The van der Waals surface area contributed by atoms with E-state index in [0.29, 0.717) is 6.04 Å². The highest BCUT2D eigenvalue weighted by Crippen LogP contribution is 2.19. The van der Waals surface area contributed by atoms with E-state index in [1.54, 1.807) is 14.2 Å². The predicted molar refractivity (Wildman–Crippen MR) is 89.1 cm³/mol. The third kappa shape index (κ3) is 6.96. The maximum absolute atomic E-state index is 5.51. The Morgan fingerprint density at radius 3 is 2.29 bits per heavy atom. The molecule has 3 heteroatoms. The number of benzene rings is 1. The van der Waals surface area contributed by atoms with E-state index >= 15 is 0 Å². The van der Waals surface area contributed by atoms with Crippen LogP contribution in [0, 0.1) is 0 Å². The molecular formula is C18H31NO2. The Morgan fingerprint density at radius 2 is 1.76 bits per heavy atom. The molecule has 0 saturated carbocycles. The molecule has 0 aliphatic heterocycles. The second kappa shape index (κ2) is 9.06. The molecule has 3 nitrogen and oxygen atoms in total. The first-order chi connectivity index (χ1) is 10.0. The van der Waals surface area contributed by atoms with Gasteiger partial charge in [0.05, 0.1) is 12.7 Å². The quantitative estimate of drug-likeness (QED) is 0.711. The van der Waals surface area contributed by atoms with Crippen molar-refractivity contribution in [1.29, 1.82) is 0 Å². The van der Waals surface area contributed by atoms with Crippen molar-refractivity contribution in [3.8, 4) is 5.75 Å². The highest BCUT2D eigenvalue weighted by Gasteiger charge is 2.18. The van der Waals surface area contributed by atoms with Crippen molar-refractivity contribution in [2.45, 2.75) is 58.1 Å². The molecule has 1 aromatic carbocycles. The van der Waals surface area contributed by atoms with Crippen LogP contribution < -0.4 is 10.1 Å². The lowest BCUT2D eigenvalue weighted by atomic mass is 9.95. The van der Waals surface area contributed by atoms with Crippen molar-refractivity contribution >= 4 is 0 Å². The van der Waals surface area contributed by atoms with Gasteiger partial charge in [-0.05, 0) is 63.8 Å². The lowest BCUT2D eigenvalue weighted by Gasteiger charge is -2.26. The van der Waals surface area contributed by atoms with E-state index < -0.39 is 0 Å². The van der Waals surface area contributed by atoms with Gasteiger partial charge in [-0.25, -0.2) is 0 Å². The molecule has 1 rings (SSSR count). The average molecular weight is 293 g/mol. The van der Waals surface area contributed by atoms with Crippen molar-refractivity contribution in [2.75, 3.05) is 20.8 Å². The molecule has 0 amide bonds. The minimum absolute atomic E-state index is 0.0339. The van der Waals surface area contributed by atoms with Gasteiger partial charge in [0.25, 0.3) is 0 Å². The topological polar surface area (TPSA) is 30.5 Å². The van der Waals surface area contributed by atoms with Crippen molar-refractivity contribution in [3.63, 3.8) is 0 Å². The number of ether oxygens (including phenoxy) is 2. The maximum Gasteiger partial charge on any atom is 0.118 e. The Balaban J connectivity index is 2.45. The minimum atomic E-state index is -0.0339. The van der Waals surface area contributed by atoms with E-state index in [2.05, 4.69) is 38.2 Å². The first-order valence-corrected chi connectivity index (χ1v) is 7.92. The van der Waals surface area contributed by atoms with Gasteiger partial charge in [-0.1, -0.05) is 19.1 Å². The normalized spacial score (nSPS) is 13.2. The largest absolute Gasteiger partial charge is 0.497 e. The van der Waals surface area contributed by atoms with Crippen LogP contribution in [0.4, 0.5) is 0 Å². The number of hydrogen-bond acceptors (Lipinski definition) is 3. The molecule has 0 aliphatic carbocycles. The molecule has 21 heavy (non-hydrogen) atoms. The van der Waals surface area contributed by atoms with E-state index in [0.717, 1.165) is 38.0 Å². The summed E-state index contributed by atoms with van der Waals surface area (Å²) in [5, 5.41) is 3.59. The van der Waals surface area contributed by atoms with Gasteiger partial charge in [-0.2, -0.15) is 0 Å². The lowest BCUT2D eigenvalue weighted by molar-refractivity contribution is 0.0116. The van der Waals surface area contributed by atoms with Crippen LogP contribution in [0.1, 0.15) is 45.6 Å². The number of hydrogen-bond donors (Lipinski definition) is 1. The average Bonchev–Trinajstić information content (AvgIpc) is 2.50. The molecule has 1 N–H and O–H groups in total. The van der Waals surface area contributed by atoms with Gasteiger partial charge in [-0.15, -0.1) is 0 Å². The van der Waals surface area contributed by atoms with Crippen molar-refractivity contribution in [1.82, 2.24) is 5.32 Å². The molecule has 120 valence electrons. The summed E-state index contributed by atoms with van der Waals surface area (Å²) < 4.78 is 10.7. The van der Waals surface area contributed by atoms with E-state index in [4.69, 9.17) is 9.47 Å². The smallest absolute Gasteiger partial charge is 0.118 e. The highest BCUT2D eigenvalue weighted by molar-refractivity contribution is 5.27. The molecule has 1 aromatic rings. The summed E-state index contributed by atoms with van der Waals surface area (Å²) in [6, 6.07) is 8.92. The summed E-state index contributed by atoms with van der Waals surface area (Å²) in [4.78, 5) is 0. The van der Waals surface area contributed by atoms with Crippen LogP contribution in [-0.4, -0.2) is 32.4 Å². The van der Waals surface area contributed by atoms with E-state index in [9.17, 15) is 0 Å². The molecule has 0 saturated heterocycles. The van der Waals surface area contributed by atoms with Gasteiger partial charge in [0.2, 0.25) is 0 Å². The van der Waals surface area contributed by atoms with Gasteiger partial charge in [0.1, 0.15) is 5.75 Å². The summed E-state index contributed by atoms with van der Waals surface area (Å²) in [5.41, 5.74) is 1.33. The first-order valence-electron chi connectivity index (χ1n) is 7.92. The number of aryl methyl sites for hydroxylation is 1. The molecular weight excluding hydrogens is 262 g/mol. The van der Waals surface area contributed by atoms with Crippen molar-refractivity contribution < 1.29 is 9.47 Å². The molecule has 0 heterocycles. The summed E-state index contributed by atoms with van der Waals surface area (Å²) in [6.07, 6.45) is 4.46. The Bertz CT molecular complexity index is 387. The summed E-state index contributed by atoms with van der Waals surface area (Å²) in [5.74, 6) is 0.920. The Morgan fingerprint density at radius 1 is 1.10 bits per heavy atom. The molecule has 0 fully saturated rings. The Hall–Kier alpha value is -1.06. The Labute approximate surface area is 130 Å². The first kappa shape index (κ1) is 18.0. The van der Waals surface area contributed by atoms with Crippen LogP contribution in [0.15, 0.2) is 24.3 Å².